The number of hydrogen-bond donors (Lipinski definition) is 0. The largest absolute Gasteiger partial charge is 0.440 e. The summed E-state index contributed by atoms with van der Waals surface area (Å²) in [5.74, 6) is 1.72. The summed E-state index contributed by atoms with van der Waals surface area (Å²) < 4.78 is 5.91. The van der Waals surface area contributed by atoms with Gasteiger partial charge in [-0.15, -0.1) is 0 Å². The lowest BCUT2D eigenvalue weighted by Gasteiger charge is -2.32. The first kappa shape index (κ1) is 14.5. The van der Waals surface area contributed by atoms with Gasteiger partial charge in [0.15, 0.2) is 11.5 Å². The summed E-state index contributed by atoms with van der Waals surface area (Å²) in [5, 5.41) is 0. The van der Waals surface area contributed by atoms with Crippen LogP contribution >= 0.6 is 0 Å². The van der Waals surface area contributed by atoms with Crippen LogP contribution < -0.4 is 0 Å². The first-order chi connectivity index (χ1) is 11.3. The average molecular weight is 310 g/mol. The van der Waals surface area contributed by atoms with E-state index in [9.17, 15) is 4.79 Å². The third-order valence-corrected chi connectivity index (χ3v) is 4.98. The van der Waals surface area contributed by atoms with Crippen molar-refractivity contribution in [3.63, 3.8) is 0 Å². The van der Waals surface area contributed by atoms with E-state index in [4.69, 9.17) is 4.42 Å². The number of carbonyl (C=O) groups is 1. The molecule has 1 aromatic carbocycles. The van der Waals surface area contributed by atoms with Crippen LogP contribution in [0.2, 0.25) is 0 Å². The fourth-order valence-corrected chi connectivity index (χ4v) is 3.69. The van der Waals surface area contributed by atoms with Gasteiger partial charge >= 0.3 is 0 Å². The van der Waals surface area contributed by atoms with Gasteiger partial charge in [0.05, 0.1) is 5.92 Å². The van der Waals surface area contributed by atoms with Gasteiger partial charge in [-0.1, -0.05) is 24.3 Å². The minimum Gasteiger partial charge on any atom is -0.440 e. The van der Waals surface area contributed by atoms with Crippen LogP contribution in [0.5, 0.6) is 0 Å². The molecule has 0 bridgehead atoms. The number of benzene rings is 1. The number of piperidine rings is 1. The molecule has 2 aromatic rings. The SMILES string of the molecule is O=C(CC1C=CCC1)N1CCCC(c2nc3ccccc3o2)C1. The monoisotopic (exact) mass is 310 g/mol. The standard InChI is InChI=1S/C19H22N2O2/c22-18(12-14-6-1-2-7-14)21-11-5-8-15(13-21)19-20-16-9-3-4-10-17(16)23-19/h1,3-4,6,9-10,14-15H,2,5,7-8,11-13H2. The van der Waals surface area contributed by atoms with Gasteiger partial charge in [-0.25, -0.2) is 4.98 Å². The Morgan fingerprint density at radius 1 is 1.30 bits per heavy atom. The van der Waals surface area contributed by atoms with Gasteiger partial charge in [0.1, 0.15) is 5.52 Å². The molecule has 0 radical (unpaired) electrons. The van der Waals surface area contributed by atoms with Gasteiger partial charge in [-0.05, 0) is 43.7 Å². The molecule has 2 unspecified atom stereocenters. The summed E-state index contributed by atoms with van der Waals surface area (Å²) in [5.41, 5.74) is 1.74. The second kappa shape index (κ2) is 6.19. The molecule has 1 aliphatic heterocycles. The molecule has 0 N–H and O–H groups in total. The van der Waals surface area contributed by atoms with Crippen molar-refractivity contribution in [2.75, 3.05) is 13.1 Å². The number of allylic oxidation sites excluding steroid dienone is 2. The van der Waals surface area contributed by atoms with Crippen LogP contribution in [0.3, 0.4) is 0 Å². The van der Waals surface area contributed by atoms with Crippen LogP contribution in [-0.4, -0.2) is 28.9 Å². The molecule has 4 nitrogen and oxygen atoms in total. The highest BCUT2D eigenvalue weighted by atomic mass is 16.3. The molecule has 1 fully saturated rings. The highest BCUT2D eigenvalue weighted by molar-refractivity contribution is 5.77. The Hall–Kier alpha value is -2.10. The zero-order valence-electron chi connectivity index (χ0n) is 13.3. The van der Waals surface area contributed by atoms with E-state index in [1.165, 1.54) is 0 Å². The van der Waals surface area contributed by atoms with E-state index in [0.29, 0.717) is 12.3 Å². The van der Waals surface area contributed by atoms with E-state index >= 15 is 0 Å². The van der Waals surface area contributed by atoms with Gasteiger partial charge in [-0.2, -0.15) is 0 Å². The number of oxazole rings is 1. The zero-order chi connectivity index (χ0) is 15.6. The van der Waals surface area contributed by atoms with Gasteiger partial charge in [-0.3, -0.25) is 4.79 Å². The van der Waals surface area contributed by atoms with Gasteiger partial charge in [0.25, 0.3) is 0 Å². The van der Waals surface area contributed by atoms with Crippen LogP contribution in [0, 0.1) is 5.92 Å². The van der Waals surface area contributed by atoms with Crippen molar-refractivity contribution in [1.82, 2.24) is 9.88 Å². The van der Waals surface area contributed by atoms with Crippen molar-refractivity contribution < 1.29 is 9.21 Å². The maximum atomic E-state index is 12.5. The second-order valence-electron chi connectivity index (χ2n) is 6.67. The van der Waals surface area contributed by atoms with Gasteiger partial charge in [0, 0.05) is 19.5 Å². The van der Waals surface area contributed by atoms with E-state index in [1.807, 2.05) is 29.2 Å². The minimum absolute atomic E-state index is 0.222. The fourth-order valence-electron chi connectivity index (χ4n) is 3.69. The average Bonchev–Trinajstić information content (AvgIpc) is 3.24. The first-order valence-corrected chi connectivity index (χ1v) is 8.59. The van der Waals surface area contributed by atoms with Crippen molar-refractivity contribution in [3.8, 4) is 0 Å². The van der Waals surface area contributed by atoms with Crippen molar-refractivity contribution in [1.29, 1.82) is 0 Å². The van der Waals surface area contributed by atoms with Crippen LogP contribution in [0.4, 0.5) is 0 Å². The van der Waals surface area contributed by atoms with E-state index < -0.39 is 0 Å². The predicted molar refractivity (Wildman–Crippen MR) is 89.0 cm³/mol. The number of hydrogen-bond acceptors (Lipinski definition) is 3. The topological polar surface area (TPSA) is 46.3 Å². The maximum Gasteiger partial charge on any atom is 0.223 e. The number of carbonyl (C=O) groups excluding carboxylic acids is 1. The number of aromatic nitrogens is 1. The smallest absolute Gasteiger partial charge is 0.223 e. The molecular formula is C19H22N2O2. The number of nitrogens with zero attached hydrogens (tertiary/aromatic N) is 2. The minimum atomic E-state index is 0.222. The third-order valence-electron chi connectivity index (χ3n) is 4.98. The molecule has 1 aromatic heterocycles. The Balaban J connectivity index is 1.45. The highest BCUT2D eigenvalue weighted by Crippen LogP contribution is 2.30. The summed E-state index contributed by atoms with van der Waals surface area (Å²) >= 11 is 0. The summed E-state index contributed by atoms with van der Waals surface area (Å²) in [6.45, 7) is 1.61. The Morgan fingerprint density at radius 2 is 2.22 bits per heavy atom. The van der Waals surface area contributed by atoms with Crippen molar-refractivity contribution >= 4 is 17.0 Å². The van der Waals surface area contributed by atoms with Crippen LogP contribution in [0.15, 0.2) is 40.8 Å². The quantitative estimate of drug-likeness (QED) is 0.808. The number of amides is 1. The van der Waals surface area contributed by atoms with Crippen molar-refractivity contribution in [2.24, 2.45) is 5.92 Å². The van der Waals surface area contributed by atoms with Gasteiger partial charge in [0.2, 0.25) is 5.91 Å². The Morgan fingerprint density at radius 3 is 3.04 bits per heavy atom. The molecular weight excluding hydrogens is 288 g/mol. The molecule has 1 aliphatic carbocycles. The van der Waals surface area contributed by atoms with E-state index in [-0.39, 0.29) is 11.8 Å². The predicted octanol–water partition coefficient (Wildman–Crippen LogP) is 3.89. The maximum absolute atomic E-state index is 12.5. The molecule has 120 valence electrons. The lowest BCUT2D eigenvalue weighted by molar-refractivity contribution is -0.133. The summed E-state index contributed by atoms with van der Waals surface area (Å²) in [6, 6.07) is 7.86. The molecule has 4 heteroatoms. The second-order valence-corrected chi connectivity index (χ2v) is 6.67. The number of rotatable bonds is 3. The molecule has 0 spiro atoms. The van der Waals surface area contributed by atoms with Crippen molar-refractivity contribution in [3.05, 3.63) is 42.3 Å². The third kappa shape index (κ3) is 3.03. The fraction of sp³-hybridized carbons (Fsp3) is 0.474. The highest BCUT2D eigenvalue weighted by Gasteiger charge is 2.29. The lowest BCUT2D eigenvalue weighted by Crippen LogP contribution is -2.39. The van der Waals surface area contributed by atoms with E-state index in [2.05, 4.69) is 17.1 Å². The molecule has 1 amide bonds. The van der Waals surface area contributed by atoms with E-state index in [1.54, 1.807) is 0 Å². The Labute approximate surface area is 136 Å². The van der Waals surface area contributed by atoms with Crippen LogP contribution in [-0.2, 0) is 4.79 Å². The molecule has 2 atom stereocenters. The summed E-state index contributed by atoms with van der Waals surface area (Å²) in [6.07, 6.45) is 9.33. The molecule has 0 saturated carbocycles. The number of para-hydroxylation sites is 2. The molecule has 1 saturated heterocycles. The first-order valence-electron chi connectivity index (χ1n) is 8.59. The van der Waals surface area contributed by atoms with Gasteiger partial charge < -0.3 is 9.32 Å². The Bertz CT molecular complexity index is 701. The normalized spacial score (nSPS) is 24.4. The molecule has 2 heterocycles. The molecule has 2 aliphatic rings. The number of fused-ring (bicyclic) bond motifs is 1. The van der Waals surface area contributed by atoms with Crippen LogP contribution in [0.25, 0.3) is 11.1 Å². The number of likely N-dealkylation sites (tertiary alicyclic amines) is 1. The molecule has 4 rings (SSSR count). The molecule has 23 heavy (non-hydrogen) atoms. The van der Waals surface area contributed by atoms with Crippen LogP contribution in [0.1, 0.15) is 43.9 Å². The van der Waals surface area contributed by atoms with E-state index in [0.717, 1.165) is 55.8 Å². The summed E-state index contributed by atoms with van der Waals surface area (Å²) in [7, 11) is 0. The lowest BCUT2D eigenvalue weighted by atomic mass is 9.96. The summed E-state index contributed by atoms with van der Waals surface area (Å²) in [4.78, 5) is 19.2. The van der Waals surface area contributed by atoms with Crippen molar-refractivity contribution in [2.45, 2.75) is 38.0 Å². The zero-order valence-corrected chi connectivity index (χ0v) is 13.3. The Kier molecular flexibility index (Phi) is 3.90.